The molecule has 0 spiro atoms. The average Bonchev–Trinajstić information content (AvgIpc) is 2.70. The first-order valence-corrected chi connectivity index (χ1v) is 9.13. The quantitative estimate of drug-likeness (QED) is 0.417. The highest BCUT2D eigenvalue weighted by Gasteiger charge is 2.16. The lowest BCUT2D eigenvalue weighted by molar-refractivity contribution is -0.139. The molecule has 0 saturated carbocycles. The number of rotatable bonds is 8. The molecule has 0 bridgehead atoms. The van der Waals surface area contributed by atoms with Gasteiger partial charge in [0.2, 0.25) is 0 Å². The van der Waals surface area contributed by atoms with Crippen molar-refractivity contribution >= 4 is 18.0 Å². The Balaban J connectivity index is 1.93. The van der Waals surface area contributed by atoms with Crippen LogP contribution in [0, 0.1) is 0 Å². The van der Waals surface area contributed by atoms with Crippen molar-refractivity contribution in [1.29, 1.82) is 0 Å². The van der Waals surface area contributed by atoms with Gasteiger partial charge >= 0.3 is 11.8 Å². The smallest absolute Gasteiger partial charge is 0.329 e. The van der Waals surface area contributed by atoms with Crippen molar-refractivity contribution in [1.82, 2.24) is 10.7 Å². The Kier molecular flexibility index (Phi) is 8.02. The van der Waals surface area contributed by atoms with Crippen LogP contribution in [0.3, 0.4) is 0 Å². The van der Waals surface area contributed by atoms with Crippen molar-refractivity contribution in [2.75, 3.05) is 13.2 Å². The maximum atomic E-state index is 12.0. The summed E-state index contributed by atoms with van der Waals surface area (Å²) in [5.74, 6) is -0.362. The van der Waals surface area contributed by atoms with E-state index in [0.717, 1.165) is 5.56 Å². The number of benzene rings is 2. The SMILES string of the molecule is CCOc1ccc(/C=N\NC(=O)C(=O)N[C@@H](C)c2ccccc2)cc1OCC. The van der Waals surface area contributed by atoms with Crippen LogP contribution in [-0.2, 0) is 9.59 Å². The van der Waals surface area contributed by atoms with Gasteiger partial charge in [-0.3, -0.25) is 9.59 Å². The molecule has 28 heavy (non-hydrogen) atoms. The van der Waals surface area contributed by atoms with Gasteiger partial charge in [0.15, 0.2) is 11.5 Å². The van der Waals surface area contributed by atoms with Crippen molar-refractivity contribution in [3.8, 4) is 11.5 Å². The molecule has 0 aromatic heterocycles. The fraction of sp³-hybridized carbons (Fsp3) is 0.286. The van der Waals surface area contributed by atoms with Gasteiger partial charge < -0.3 is 14.8 Å². The Morgan fingerprint density at radius 2 is 1.68 bits per heavy atom. The molecular formula is C21H25N3O4. The van der Waals surface area contributed by atoms with E-state index in [1.807, 2.05) is 44.2 Å². The largest absolute Gasteiger partial charge is 0.490 e. The van der Waals surface area contributed by atoms with Crippen LogP contribution < -0.4 is 20.2 Å². The molecule has 1 atom stereocenters. The van der Waals surface area contributed by atoms with Gasteiger partial charge in [-0.1, -0.05) is 30.3 Å². The minimum absolute atomic E-state index is 0.289. The third-order valence-corrected chi connectivity index (χ3v) is 3.80. The van der Waals surface area contributed by atoms with Crippen molar-refractivity contribution < 1.29 is 19.1 Å². The van der Waals surface area contributed by atoms with Crippen LogP contribution in [0.15, 0.2) is 53.6 Å². The van der Waals surface area contributed by atoms with Crippen LogP contribution >= 0.6 is 0 Å². The number of hydrogen-bond acceptors (Lipinski definition) is 5. The molecule has 2 aromatic carbocycles. The first kappa shape index (κ1) is 21.0. The van der Waals surface area contributed by atoms with E-state index in [4.69, 9.17) is 9.47 Å². The normalized spacial score (nSPS) is 11.7. The van der Waals surface area contributed by atoms with Gasteiger partial charge in [-0.05, 0) is 50.1 Å². The number of carbonyl (C=O) groups excluding carboxylic acids is 2. The number of nitrogens with one attached hydrogen (secondary N) is 2. The summed E-state index contributed by atoms with van der Waals surface area (Å²) in [6, 6.07) is 14.4. The molecule has 7 heteroatoms. The summed E-state index contributed by atoms with van der Waals surface area (Å²) in [6.45, 7) is 6.60. The Morgan fingerprint density at radius 1 is 1.00 bits per heavy atom. The molecule has 0 saturated heterocycles. The maximum absolute atomic E-state index is 12.0. The molecular weight excluding hydrogens is 358 g/mol. The zero-order chi connectivity index (χ0) is 20.4. The molecule has 0 fully saturated rings. The average molecular weight is 383 g/mol. The number of carbonyl (C=O) groups is 2. The number of amides is 2. The zero-order valence-corrected chi connectivity index (χ0v) is 16.3. The first-order valence-electron chi connectivity index (χ1n) is 9.13. The number of ether oxygens (including phenoxy) is 2. The van der Waals surface area contributed by atoms with E-state index in [2.05, 4.69) is 15.8 Å². The van der Waals surface area contributed by atoms with Crippen LogP contribution in [0.2, 0.25) is 0 Å². The molecule has 0 aliphatic heterocycles. The molecule has 2 N–H and O–H groups in total. The topological polar surface area (TPSA) is 89.0 Å². The number of hydrogen-bond donors (Lipinski definition) is 2. The van der Waals surface area contributed by atoms with Gasteiger partial charge in [0.1, 0.15) is 0 Å². The Morgan fingerprint density at radius 3 is 2.36 bits per heavy atom. The van der Waals surface area contributed by atoms with Gasteiger partial charge in [0, 0.05) is 0 Å². The van der Waals surface area contributed by atoms with Crippen molar-refractivity contribution in [3.05, 3.63) is 59.7 Å². The van der Waals surface area contributed by atoms with E-state index in [1.54, 1.807) is 25.1 Å². The van der Waals surface area contributed by atoms with E-state index in [1.165, 1.54) is 6.21 Å². The molecule has 2 aromatic rings. The second kappa shape index (κ2) is 10.7. The third kappa shape index (κ3) is 6.12. The monoisotopic (exact) mass is 383 g/mol. The van der Waals surface area contributed by atoms with Gasteiger partial charge in [-0.25, -0.2) is 5.43 Å². The van der Waals surface area contributed by atoms with E-state index in [0.29, 0.717) is 30.3 Å². The van der Waals surface area contributed by atoms with Gasteiger partial charge in [0.05, 0.1) is 25.5 Å². The highest BCUT2D eigenvalue weighted by molar-refractivity contribution is 6.35. The standard InChI is InChI=1S/C21H25N3O4/c1-4-27-18-12-11-16(13-19(18)28-5-2)14-22-24-21(26)20(25)23-15(3)17-9-7-6-8-10-17/h6-15H,4-5H2,1-3H3,(H,23,25)(H,24,26)/b22-14-/t15-/m0/s1. The summed E-state index contributed by atoms with van der Waals surface area (Å²) in [4.78, 5) is 23.9. The summed E-state index contributed by atoms with van der Waals surface area (Å²) in [6.07, 6.45) is 1.43. The third-order valence-electron chi connectivity index (χ3n) is 3.80. The van der Waals surface area contributed by atoms with E-state index in [9.17, 15) is 9.59 Å². The van der Waals surface area contributed by atoms with Crippen molar-refractivity contribution in [2.45, 2.75) is 26.8 Å². The van der Waals surface area contributed by atoms with Crippen molar-refractivity contribution in [2.24, 2.45) is 5.10 Å². The van der Waals surface area contributed by atoms with E-state index < -0.39 is 11.8 Å². The van der Waals surface area contributed by atoms with Gasteiger partial charge in [0.25, 0.3) is 0 Å². The van der Waals surface area contributed by atoms with Crippen molar-refractivity contribution in [3.63, 3.8) is 0 Å². The van der Waals surface area contributed by atoms with Crippen LogP contribution in [0.25, 0.3) is 0 Å². The molecule has 148 valence electrons. The molecule has 0 radical (unpaired) electrons. The van der Waals surface area contributed by atoms with Gasteiger partial charge in [-0.15, -0.1) is 0 Å². The minimum Gasteiger partial charge on any atom is -0.490 e. The summed E-state index contributed by atoms with van der Waals surface area (Å²) in [5.41, 5.74) is 3.83. The number of hydrazone groups is 1. The molecule has 2 rings (SSSR count). The summed E-state index contributed by atoms with van der Waals surface area (Å²) < 4.78 is 11.0. The fourth-order valence-electron chi connectivity index (χ4n) is 2.45. The van der Waals surface area contributed by atoms with Crippen LogP contribution in [0.1, 0.15) is 37.9 Å². The minimum atomic E-state index is -0.838. The van der Waals surface area contributed by atoms with Gasteiger partial charge in [-0.2, -0.15) is 5.10 Å². The second-order valence-corrected chi connectivity index (χ2v) is 5.88. The summed E-state index contributed by atoms with van der Waals surface area (Å²) in [5, 5.41) is 6.47. The fourth-order valence-corrected chi connectivity index (χ4v) is 2.45. The van der Waals surface area contributed by atoms with Crippen LogP contribution in [-0.4, -0.2) is 31.2 Å². The lowest BCUT2D eigenvalue weighted by atomic mass is 10.1. The summed E-state index contributed by atoms with van der Waals surface area (Å²) >= 11 is 0. The highest BCUT2D eigenvalue weighted by atomic mass is 16.5. The molecule has 0 aliphatic carbocycles. The Hall–Kier alpha value is -3.35. The lowest BCUT2D eigenvalue weighted by Gasteiger charge is -2.13. The zero-order valence-electron chi connectivity index (χ0n) is 16.3. The molecule has 0 unspecified atom stereocenters. The Bertz CT molecular complexity index is 822. The predicted molar refractivity (Wildman–Crippen MR) is 108 cm³/mol. The molecule has 7 nitrogen and oxygen atoms in total. The van der Waals surface area contributed by atoms with E-state index >= 15 is 0 Å². The maximum Gasteiger partial charge on any atom is 0.329 e. The summed E-state index contributed by atoms with van der Waals surface area (Å²) in [7, 11) is 0. The Labute approximate surface area is 164 Å². The molecule has 0 aliphatic rings. The van der Waals surface area contributed by atoms with E-state index in [-0.39, 0.29) is 6.04 Å². The highest BCUT2D eigenvalue weighted by Crippen LogP contribution is 2.27. The number of nitrogens with zero attached hydrogens (tertiary/aromatic N) is 1. The molecule has 0 heterocycles. The lowest BCUT2D eigenvalue weighted by Crippen LogP contribution is -2.39. The molecule has 2 amide bonds. The van der Waals surface area contributed by atoms with Crippen LogP contribution in [0.5, 0.6) is 11.5 Å². The first-order chi connectivity index (χ1) is 13.5. The predicted octanol–water partition coefficient (Wildman–Crippen LogP) is 2.81. The second-order valence-electron chi connectivity index (χ2n) is 5.88. The van der Waals surface area contributed by atoms with Crippen LogP contribution in [0.4, 0.5) is 0 Å².